The number of thiocarbonyl (C=S) groups is 1. The van der Waals surface area contributed by atoms with Crippen LogP contribution in [0.3, 0.4) is 0 Å². The molecule has 3 N–H and O–H groups in total. The van der Waals surface area contributed by atoms with Crippen LogP contribution in [0.2, 0.25) is 0 Å². The first kappa shape index (κ1) is 13.5. The molecule has 0 aliphatic carbocycles. The number of nitrogens with two attached hydrogens (primary N) is 1. The number of hydrogen-bond acceptors (Lipinski definition) is 2. The van der Waals surface area contributed by atoms with Gasteiger partial charge in [-0.15, -0.1) is 0 Å². The Labute approximate surface area is 117 Å². The van der Waals surface area contributed by atoms with Gasteiger partial charge < -0.3 is 11.1 Å². The van der Waals surface area contributed by atoms with E-state index in [0.717, 1.165) is 12.1 Å². The van der Waals surface area contributed by atoms with Gasteiger partial charge in [0.05, 0.1) is 0 Å². The zero-order valence-electron chi connectivity index (χ0n) is 10.6. The summed E-state index contributed by atoms with van der Waals surface area (Å²) in [4.78, 5) is 0.0661. The van der Waals surface area contributed by atoms with Crippen molar-refractivity contribution in [3.8, 4) is 0 Å². The van der Waals surface area contributed by atoms with Crippen LogP contribution in [0.25, 0.3) is 0 Å². The Morgan fingerprint density at radius 1 is 1.16 bits per heavy atom. The molecule has 2 aromatic carbocycles. The molecule has 0 aromatic heterocycles. The van der Waals surface area contributed by atoms with Crippen LogP contribution in [-0.2, 0) is 6.42 Å². The van der Waals surface area contributed by atoms with Crippen LogP contribution in [0.4, 0.5) is 15.8 Å². The van der Waals surface area contributed by atoms with Gasteiger partial charge in [-0.3, -0.25) is 0 Å². The van der Waals surface area contributed by atoms with E-state index in [4.69, 9.17) is 18.0 Å². The molecule has 0 fully saturated rings. The molecule has 2 nitrogen and oxygen atoms in total. The summed E-state index contributed by atoms with van der Waals surface area (Å²) in [6.07, 6.45) is 0.998. The average Bonchev–Trinajstić information content (AvgIpc) is 2.39. The van der Waals surface area contributed by atoms with Gasteiger partial charge in [0.2, 0.25) is 0 Å². The monoisotopic (exact) mass is 274 g/mol. The Balaban J connectivity index is 2.18. The summed E-state index contributed by atoms with van der Waals surface area (Å²) in [6, 6.07) is 12.8. The second-order valence-corrected chi connectivity index (χ2v) is 4.67. The Hall–Kier alpha value is -1.94. The third-order valence-electron chi connectivity index (χ3n) is 2.89. The summed E-state index contributed by atoms with van der Waals surface area (Å²) in [6.45, 7) is 2.10. The molecule has 98 valence electrons. The van der Waals surface area contributed by atoms with Crippen molar-refractivity contribution in [2.24, 2.45) is 5.73 Å². The van der Waals surface area contributed by atoms with E-state index < -0.39 is 5.82 Å². The van der Waals surface area contributed by atoms with E-state index in [2.05, 4.69) is 12.2 Å². The summed E-state index contributed by atoms with van der Waals surface area (Å²) in [5.41, 5.74) is 8.53. The average molecular weight is 274 g/mol. The molecule has 2 rings (SSSR count). The zero-order valence-corrected chi connectivity index (χ0v) is 11.4. The smallest absolute Gasteiger partial charge is 0.135 e. The van der Waals surface area contributed by atoms with Crippen molar-refractivity contribution in [1.29, 1.82) is 0 Å². The highest BCUT2D eigenvalue weighted by Gasteiger charge is 2.06. The summed E-state index contributed by atoms with van der Waals surface area (Å²) in [5.74, 6) is -0.414. The number of rotatable bonds is 4. The molecular formula is C15H15FN2S. The molecule has 0 heterocycles. The van der Waals surface area contributed by atoms with Crippen LogP contribution in [0.15, 0.2) is 42.5 Å². The van der Waals surface area contributed by atoms with Crippen LogP contribution in [-0.4, -0.2) is 4.99 Å². The fourth-order valence-electron chi connectivity index (χ4n) is 1.78. The fourth-order valence-corrected chi connectivity index (χ4v) is 1.95. The van der Waals surface area contributed by atoms with Crippen molar-refractivity contribution in [3.05, 3.63) is 59.4 Å². The number of anilines is 2. The lowest BCUT2D eigenvalue weighted by molar-refractivity contribution is 0.626. The number of nitrogens with one attached hydrogen (secondary N) is 1. The molecular weight excluding hydrogens is 259 g/mol. The molecule has 2 aromatic rings. The molecule has 0 atom stereocenters. The first-order chi connectivity index (χ1) is 9.10. The van der Waals surface area contributed by atoms with E-state index in [-0.39, 0.29) is 10.6 Å². The summed E-state index contributed by atoms with van der Waals surface area (Å²) >= 11 is 4.77. The minimum absolute atomic E-state index is 0.0661. The number of aryl methyl sites for hydroxylation is 1. The van der Waals surface area contributed by atoms with E-state index in [0.29, 0.717) is 5.69 Å². The highest BCUT2D eigenvalue weighted by Crippen LogP contribution is 2.20. The van der Waals surface area contributed by atoms with Gasteiger partial charge in [-0.05, 0) is 42.3 Å². The van der Waals surface area contributed by atoms with Gasteiger partial charge in [0.1, 0.15) is 10.8 Å². The molecule has 0 radical (unpaired) electrons. The van der Waals surface area contributed by atoms with Crippen molar-refractivity contribution in [1.82, 2.24) is 0 Å². The van der Waals surface area contributed by atoms with Gasteiger partial charge in [0, 0.05) is 16.9 Å². The van der Waals surface area contributed by atoms with Gasteiger partial charge in [-0.1, -0.05) is 31.3 Å². The van der Waals surface area contributed by atoms with Crippen molar-refractivity contribution >= 4 is 28.6 Å². The highest BCUT2D eigenvalue weighted by molar-refractivity contribution is 7.80. The third-order valence-corrected chi connectivity index (χ3v) is 3.11. The molecule has 0 bridgehead atoms. The van der Waals surface area contributed by atoms with Crippen molar-refractivity contribution < 1.29 is 4.39 Å². The molecule has 0 amide bonds. The normalized spacial score (nSPS) is 10.2. The Kier molecular flexibility index (Phi) is 4.12. The minimum Gasteiger partial charge on any atom is -0.389 e. The first-order valence-electron chi connectivity index (χ1n) is 6.05. The van der Waals surface area contributed by atoms with Crippen LogP contribution in [0.5, 0.6) is 0 Å². The Morgan fingerprint density at radius 2 is 1.79 bits per heavy atom. The minimum atomic E-state index is -0.414. The van der Waals surface area contributed by atoms with Crippen LogP contribution in [0, 0.1) is 5.82 Å². The zero-order chi connectivity index (χ0) is 13.8. The van der Waals surface area contributed by atoms with Gasteiger partial charge in [-0.25, -0.2) is 4.39 Å². The van der Waals surface area contributed by atoms with Crippen molar-refractivity contribution in [2.45, 2.75) is 13.3 Å². The van der Waals surface area contributed by atoms with Gasteiger partial charge in [0.15, 0.2) is 0 Å². The molecule has 0 spiro atoms. The predicted molar refractivity (Wildman–Crippen MR) is 81.4 cm³/mol. The van der Waals surface area contributed by atoms with E-state index in [1.165, 1.54) is 11.6 Å². The topological polar surface area (TPSA) is 38.0 Å². The number of benzene rings is 2. The standard InChI is InChI=1S/C15H15FN2S/c1-2-10-3-5-11(6-4-10)18-12-7-8-13(15(17)19)14(16)9-12/h3-9,18H,2H2,1H3,(H2,17,19). The van der Waals surface area contributed by atoms with Crippen LogP contribution < -0.4 is 11.1 Å². The SMILES string of the molecule is CCc1ccc(Nc2ccc(C(N)=S)c(F)c2)cc1. The molecule has 0 saturated carbocycles. The lowest BCUT2D eigenvalue weighted by atomic mass is 10.1. The molecule has 4 heteroatoms. The maximum absolute atomic E-state index is 13.7. The van der Waals surface area contributed by atoms with Gasteiger partial charge in [-0.2, -0.15) is 0 Å². The Morgan fingerprint density at radius 3 is 2.32 bits per heavy atom. The lowest BCUT2D eigenvalue weighted by Crippen LogP contribution is -2.11. The summed E-state index contributed by atoms with van der Waals surface area (Å²) in [5, 5.41) is 3.14. The molecule has 0 unspecified atom stereocenters. The first-order valence-corrected chi connectivity index (χ1v) is 6.46. The van der Waals surface area contributed by atoms with E-state index in [1.807, 2.05) is 24.3 Å². The third kappa shape index (κ3) is 3.29. The number of halogens is 1. The molecule has 0 aliphatic rings. The predicted octanol–water partition coefficient (Wildman–Crippen LogP) is 3.77. The Bertz CT molecular complexity index is 594. The van der Waals surface area contributed by atoms with Gasteiger partial charge >= 0.3 is 0 Å². The number of hydrogen-bond donors (Lipinski definition) is 2. The van der Waals surface area contributed by atoms with Crippen molar-refractivity contribution in [2.75, 3.05) is 5.32 Å². The molecule has 0 saturated heterocycles. The quantitative estimate of drug-likeness (QED) is 0.834. The van der Waals surface area contributed by atoms with E-state index >= 15 is 0 Å². The lowest BCUT2D eigenvalue weighted by Gasteiger charge is -2.09. The van der Waals surface area contributed by atoms with Crippen molar-refractivity contribution in [3.63, 3.8) is 0 Å². The van der Waals surface area contributed by atoms with Crippen LogP contribution in [0.1, 0.15) is 18.1 Å². The highest BCUT2D eigenvalue weighted by atomic mass is 32.1. The maximum Gasteiger partial charge on any atom is 0.135 e. The van der Waals surface area contributed by atoms with Gasteiger partial charge in [0.25, 0.3) is 0 Å². The largest absolute Gasteiger partial charge is 0.389 e. The second kappa shape index (κ2) is 5.80. The maximum atomic E-state index is 13.7. The molecule has 0 aliphatic heterocycles. The second-order valence-electron chi connectivity index (χ2n) is 4.23. The van der Waals surface area contributed by atoms with E-state index in [1.54, 1.807) is 12.1 Å². The van der Waals surface area contributed by atoms with Crippen LogP contribution >= 0.6 is 12.2 Å². The molecule has 19 heavy (non-hydrogen) atoms. The van der Waals surface area contributed by atoms with E-state index in [9.17, 15) is 4.39 Å². The summed E-state index contributed by atoms with van der Waals surface area (Å²) in [7, 11) is 0. The summed E-state index contributed by atoms with van der Waals surface area (Å²) < 4.78 is 13.7. The fraction of sp³-hybridized carbons (Fsp3) is 0.133.